The fourth-order valence-corrected chi connectivity index (χ4v) is 4.79. The molecule has 106 valence electrons. The summed E-state index contributed by atoms with van der Waals surface area (Å²) >= 11 is 4.07. The third-order valence-corrected chi connectivity index (χ3v) is 6.12. The zero-order valence-corrected chi connectivity index (χ0v) is 13.5. The Kier molecular flexibility index (Phi) is 4.17. The van der Waals surface area contributed by atoms with Crippen molar-refractivity contribution in [2.75, 3.05) is 4.72 Å². The van der Waals surface area contributed by atoms with E-state index < -0.39 is 16.0 Å². The van der Waals surface area contributed by atoms with E-state index >= 15 is 0 Å². The van der Waals surface area contributed by atoms with Gasteiger partial charge in [-0.2, -0.15) is 0 Å². The predicted octanol–water partition coefficient (Wildman–Crippen LogP) is 3.32. The van der Waals surface area contributed by atoms with Crippen LogP contribution in [0.5, 0.6) is 0 Å². The molecule has 0 aliphatic rings. The number of carbonyl (C=O) groups is 1. The molecule has 8 heteroatoms. The van der Waals surface area contributed by atoms with Gasteiger partial charge in [-0.05, 0) is 46.6 Å². The molecule has 0 saturated heterocycles. The van der Waals surface area contributed by atoms with Crippen molar-refractivity contribution in [3.63, 3.8) is 0 Å². The van der Waals surface area contributed by atoms with Crippen LogP contribution in [-0.4, -0.2) is 19.5 Å². The highest BCUT2D eigenvalue weighted by Crippen LogP contribution is 2.30. The van der Waals surface area contributed by atoms with Gasteiger partial charge in [0.2, 0.25) is 0 Å². The van der Waals surface area contributed by atoms with Crippen LogP contribution in [0.15, 0.2) is 39.7 Å². The standard InChI is InChI=1S/C12H10BrNO4S2/c1-7-6-10(19-11(7)12(15)16)14-20(17,18)9-5-3-2-4-8(9)13/h2-6,14H,1H3,(H,15,16). The average Bonchev–Trinajstić information content (AvgIpc) is 2.69. The van der Waals surface area contributed by atoms with Gasteiger partial charge in [0.15, 0.2) is 0 Å². The lowest BCUT2D eigenvalue weighted by molar-refractivity contribution is 0.0701. The summed E-state index contributed by atoms with van der Waals surface area (Å²) in [5.74, 6) is -1.07. The molecule has 0 unspecified atom stereocenters. The maximum Gasteiger partial charge on any atom is 0.346 e. The molecule has 0 fully saturated rings. The van der Waals surface area contributed by atoms with Gasteiger partial charge in [0, 0.05) is 4.47 Å². The van der Waals surface area contributed by atoms with Gasteiger partial charge in [0.25, 0.3) is 10.0 Å². The first kappa shape index (κ1) is 15.0. The van der Waals surface area contributed by atoms with E-state index in [0.29, 0.717) is 10.0 Å². The van der Waals surface area contributed by atoms with Gasteiger partial charge in [0.1, 0.15) is 14.8 Å². The molecule has 1 heterocycles. The zero-order chi connectivity index (χ0) is 14.9. The molecular weight excluding hydrogens is 366 g/mol. The van der Waals surface area contributed by atoms with E-state index in [0.717, 1.165) is 11.3 Å². The summed E-state index contributed by atoms with van der Waals surface area (Å²) in [4.78, 5) is 11.2. The van der Waals surface area contributed by atoms with Gasteiger partial charge < -0.3 is 5.11 Å². The summed E-state index contributed by atoms with van der Waals surface area (Å²) in [6.07, 6.45) is 0. The molecule has 2 N–H and O–H groups in total. The van der Waals surface area contributed by atoms with Crippen LogP contribution in [-0.2, 0) is 10.0 Å². The maximum absolute atomic E-state index is 12.2. The second-order valence-electron chi connectivity index (χ2n) is 3.96. The third-order valence-electron chi connectivity index (χ3n) is 2.47. The van der Waals surface area contributed by atoms with Crippen LogP contribution in [0.25, 0.3) is 0 Å². The zero-order valence-electron chi connectivity index (χ0n) is 10.3. The highest BCUT2D eigenvalue weighted by atomic mass is 79.9. The Labute approximate surface area is 128 Å². The van der Waals surface area contributed by atoms with Crippen LogP contribution < -0.4 is 4.72 Å². The predicted molar refractivity (Wildman–Crippen MR) is 81.0 cm³/mol. The Morgan fingerprint density at radius 1 is 1.35 bits per heavy atom. The Morgan fingerprint density at radius 2 is 2.00 bits per heavy atom. The second kappa shape index (κ2) is 5.55. The minimum absolute atomic E-state index is 0.0999. The lowest BCUT2D eigenvalue weighted by Gasteiger charge is -2.07. The lowest BCUT2D eigenvalue weighted by atomic mass is 10.3. The molecule has 2 aromatic rings. The molecule has 0 spiro atoms. The number of hydrogen-bond acceptors (Lipinski definition) is 4. The number of hydrogen-bond donors (Lipinski definition) is 2. The van der Waals surface area contributed by atoms with Crippen LogP contribution in [0, 0.1) is 6.92 Å². The molecule has 0 radical (unpaired) electrons. The monoisotopic (exact) mass is 375 g/mol. The highest BCUT2D eigenvalue weighted by Gasteiger charge is 2.20. The largest absolute Gasteiger partial charge is 0.477 e. The van der Waals surface area contributed by atoms with Crippen molar-refractivity contribution in [2.45, 2.75) is 11.8 Å². The minimum atomic E-state index is -3.75. The molecule has 5 nitrogen and oxygen atoms in total. The van der Waals surface area contributed by atoms with Crippen molar-refractivity contribution >= 4 is 48.3 Å². The van der Waals surface area contributed by atoms with Crippen molar-refractivity contribution in [1.82, 2.24) is 0 Å². The van der Waals surface area contributed by atoms with Crippen molar-refractivity contribution < 1.29 is 18.3 Å². The number of rotatable bonds is 4. The molecule has 0 saturated carbocycles. The average molecular weight is 376 g/mol. The maximum atomic E-state index is 12.2. The molecular formula is C12H10BrNO4S2. The molecule has 0 aliphatic heterocycles. The lowest BCUT2D eigenvalue weighted by Crippen LogP contribution is -2.12. The highest BCUT2D eigenvalue weighted by molar-refractivity contribution is 9.10. The summed E-state index contributed by atoms with van der Waals surface area (Å²) < 4.78 is 27.3. The number of carboxylic acid groups (broad SMARTS) is 1. The number of benzene rings is 1. The molecule has 0 amide bonds. The van der Waals surface area contributed by atoms with Crippen molar-refractivity contribution in [1.29, 1.82) is 0 Å². The quantitative estimate of drug-likeness (QED) is 0.858. The molecule has 0 atom stereocenters. The Hall–Kier alpha value is -1.38. The molecule has 1 aromatic carbocycles. The van der Waals surface area contributed by atoms with Crippen molar-refractivity contribution in [2.24, 2.45) is 0 Å². The minimum Gasteiger partial charge on any atom is -0.477 e. The molecule has 0 aliphatic carbocycles. The topological polar surface area (TPSA) is 83.5 Å². The van der Waals surface area contributed by atoms with Gasteiger partial charge in [-0.1, -0.05) is 12.1 Å². The Morgan fingerprint density at radius 3 is 2.55 bits per heavy atom. The molecule has 0 bridgehead atoms. The van der Waals surface area contributed by atoms with E-state index in [1.54, 1.807) is 25.1 Å². The first-order valence-corrected chi connectivity index (χ1v) is 8.51. The Bertz CT molecular complexity index is 768. The van der Waals surface area contributed by atoms with Gasteiger partial charge in [-0.3, -0.25) is 4.72 Å². The summed E-state index contributed by atoms with van der Waals surface area (Å²) in [6, 6.07) is 7.91. The number of anilines is 1. The van der Waals surface area contributed by atoms with E-state index in [1.807, 2.05) is 0 Å². The Balaban J connectivity index is 2.37. The SMILES string of the molecule is Cc1cc(NS(=O)(=O)c2ccccc2Br)sc1C(=O)O. The second-order valence-corrected chi connectivity index (χ2v) is 7.52. The van der Waals surface area contributed by atoms with Crippen LogP contribution in [0.4, 0.5) is 5.00 Å². The van der Waals surface area contributed by atoms with E-state index in [1.165, 1.54) is 12.1 Å². The van der Waals surface area contributed by atoms with Crippen molar-refractivity contribution in [3.05, 3.63) is 45.2 Å². The number of sulfonamides is 1. The van der Waals surface area contributed by atoms with Gasteiger partial charge in [0.05, 0.1) is 0 Å². The van der Waals surface area contributed by atoms with Crippen LogP contribution in [0.3, 0.4) is 0 Å². The first-order valence-electron chi connectivity index (χ1n) is 5.42. The molecule has 20 heavy (non-hydrogen) atoms. The van der Waals surface area contributed by atoms with Gasteiger partial charge in [-0.15, -0.1) is 11.3 Å². The normalized spacial score (nSPS) is 11.3. The summed E-state index contributed by atoms with van der Waals surface area (Å²) in [6.45, 7) is 1.62. The fraction of sp³-hybridized carbons (Fsp3) is 0.0833. The smallest absolute Gasteiger partial charge is 0.346 e. The van der Waals surface area contributed by atoms with Crippen LogP contribution >= 0.6 is 27.3 Å². The number of thiophene rings is 1. The summed E-state index contributed by atoms with van der Waals surface area (Å²) in [5.41, 5.74) is 0.521. The molecule has 2 rings (SSSR count). The van der Waals surface area contributed by atoms with E-state index in [-0.39, 0.29) is 14.8 Å². The number of nitrogens with one attached hydrogen (secondary N) is 1. The summed E-state index contributed by atoms with van der Waals surface area (Å²) in [7, 11) is -3.75. The number of carboxylic acids is 1. The third kappa shape index (κ3) is 3.02. The fourth-order valence-electron chi connectivity index (χ4n) is 1.59. The van der Waals surface area contributed by atoms with E-state index in [9.17, 15) is 13.2 Å². The summed E-state index contributed by atoms with van der Waals surface area (Å²) in [5, 5.41) is 9.24. The number of halogens is 1. The van der Waals surface area contributed by atoms with E-state index in [2.05, 4.69) is 20.7 Å². The van der Waals surface area contributed by atoms with Crippen molar-refractivity contribution in [3.8, 4) is 0 Å². The van der Waals surface area contributed by atoms with Crippen LogP contribution in [0.2, 0.25) is 0 Å². The van der Waals surface area contributed by atoms with Gasteiger partial charge in [-0.25, -0.2) is 13.2 Å². The first-order chi connectivity index (χ1) is 9.31. The van der Waals surface area contributed by atoms with Gasteiger partial charge >= 0.3 is 5.97 Å². The van der Waals surface area contributed by atoms with E-state index in [4.69, 9.17) is 5.11 Å². The van der Waals surface area contributed by atoms with Crippen LogP contribution in [0.1, 0.15) is 15.2 Å². The molecule has 1 aromatic heterocycles. The number of aryl methyl sites for hydroxylation is 1. The number of aromatic carboxylic acids is 1.